The van der Waals surface area contributed by atoms with Gasteiger partial charge in [0.05, 0.1) is 10.7 Å². The molecule has 0 atom stereocenters. The largest absolute Gasteiger partial charge is 0.339 e. The zero-order chi connectivity index (χ0) is 17.8. The summed E-state index contributed by atoms with van der Waals surface area (Å²) in [6, 6.07) is 13.1. The number of carbonyl (C=O) groups excluding carboxylic acids is 1. The molecule has 25 heavy (non-hydrogen) atoms. The summed E-state index contributed by atoms with van der Waals surface area (Å²) >= 11 is 5.98. The van der Waals surface area contributed by atoms with Crippen LogP contribution in [0.4, 0.5) is 26.0 Å². The van der Waals surface area contributed by atoms with Gasteiger partial charge in [0.1, 0.15) is 0 Å². The number of hydrogen-bond donors (Lipinski definition) is 2. The fourth-order valence-electron chi connectivity index (χ4n) is 1.99. The molecule has 0 unspecified atom stereocenters. The lowest BCUT2D eigenvalue weighted by Gasteiger charge is -2.07. The van der Waals surface area contributed by atoms with Crippen molar-refractivity contribution in [3.63, 3.8) is 0 Å². The van der Waals surface area contributed by atoms with Gasteiger partial charge in [0.15, 0.2) is 23.1 Å². The number of para-hydroxylation sites is 1. The third kappa shape index (κ3) is 4.07. The Bertz CT molecular complexity index is 919. The van der Waals surface area contributed by atoms with Gasteiger partial charge in [0.2, 0.25) is 0 Å². The number of nitrogens with zero attached hydrogens (tertiary/aromatic N) is 2. The van der Waals surface area contributed by atoms with Crippen LogP contribution in [0.3, 0.4) is 0 Å². The minimum absolute atomic E-state index is 0.0794. The van der Waals surface area contributed by atoms with Gasteiger partial charge in [-0.05, 0) is 36.4 Å². The zero-order valence-corrected chi connectivity index (χ0v) is 13.4. The summed E-state index contributed by atoms with van der Waals surface area (Å²) in [5.74, 6) is -2.11. The molecule has 0 bridgehead atoms. The molecule has 0 aliphatic rings. The number of benzene rings is 2. The van der Waals surface area contributed by atoms with Gasteiger partial charge in [-0.15, -0.1) is 10.2 Å². The number of nitrogens with one attached hydrogen (secondary N) is 2. The highest BCUT2D eigenvalue weighted by molar-refractivity contribution is 6.33. The molecular weight excluding hydrogens is 350 g/mol. The van der Waals surface area contributed by atoms with E-state index >= 15 is 0 Å². The van der Waals surface area contributed by atoms with Gasteiger partial charge in [-0.25, -0.2) is 8.78 Å². The molecule has 0 aliphatic carbocycles. The van der Waals surface area contributed by atoms with Gasteiger partial charge in [-0.1, -0.05) is 23.7 Å². The van der Waals surface area contributed by atoms with Crippen molar-refractivity contribution in [3.05, 3.63) is 76.9 Å². The monoisotopic (exact) mass is 360 g/mol. The molecule has 3 rings (SSSR count). The minimum atomic E-state index is -0.978. The van der Waals surface area contributed by atoms with Crippen LogP contribution in [-0.2, 0) is 0 Å². The molecule has 0 saturated heterocycles. The number of aromatic nitrogens is 2. The predicted octanol–water partition coefficient (Wildman–Crippen LogP) is 4.40. The molecule has 0 saturated carbocycles. The van der Waals surface area contributed by atoms with Crippen LogP contribution in [0.2, 0.25) is 5.02 Å². The average molecular weight is 361 g/mol. The SMILES string of the molecule is O=C(Nc1ccccc1Cl)c1ccc(Nc2ccc(F)c(F)c2)nn1. The van der Waals surface area contributed by atoms with Gasteiger partial charge in [0, 0.05) is 11.8 Å². The fourth-order valence-corrected chi connectivity index (χ4v) is 2.17. The molecule has 5 nitrogen and oxygen atoms in total. The fraction of sp³-hybridized carbons (Fsp3) is 0. The van der Waals surface area contributed by atoms with Gasteiger partial charge in [0.25, 0.3) is 5.91 Å². The van der Waals surface area contributed by atoms with Crippen molar-refractivity contribution in [2.75, 3.05) is 10.6 Å². The lowest BCUT2D eigenvalue weighted by atomic mass is 10.3. The van der Waals surface area contributed by atoms with Crippen LogP contribution in [0.15, 0.2) is 54.6 Å². The second kappa shape index (κ2) is 7.23. The first-order valence-corrected chi connectivity index (χ1v) is 7.52. The second-order valence-electron chi connectivity index (χ2n) is 4.99. The first-order valence-electron chi connectivity index (χ1n) is 7.14. The van der Waals surface area contributed by atoms with E-state index in [1.54, 1.807) is 24.3 Å². The Morgan fingerprint density at radius 2 is 1.76 bits per heavy atom. The maximum atomic E-state index is 13.2. The molecule has 3 aromatic rings. The van der Waals surface area contributed by atoms with Crippen molar-refractivity contribution in [3.8, 4) is 0 Å². The number of carbonyl (C=O) groups is 1. The lowest BCUT2D eigenvalue weighted by Crippen LogP contribution is -2.14. The summed E-state index contributed by atoms with van der Waals surface area (Å²) < 4.78 is 26.1. The molecule has 2 N–H and O–H groups in total. The highest BCUT2D eigenvalue weighted by Crippen LogP contribution is 2.21. The summed E-state index contributed by atoms with van der Waals surface area (Å²) in [5, 5.41) is 13.4. The number of rotatable bonds is 4. The molecule has 0 aliphatic heterocycles. The summed E-state index contributed by atoms with van der Waals surface area (Å²) in [6.45, 7) is 0. The van der Waals surface area contributed by atoms with Crippen molar-refractivity contribution in [2.24, 2.45) is 0 Å². The highest BCUT2D eigenvalue weighted by atomic mass is 35.5. The first kappa shape index (κ1) is 16.8. The van der Waals surface area contributed by atoms with Crippen LogP contribution in [0.1, 0.15) is 10.5 Å². The Kier molecular flexibility index (Phi) is 4.85. The maximum Gasteiger partial charge on any atom is 0.276 e. The highest BCUT2D eigenvalue weighted by Gasteiger charge is 2.11. The molecule has 0 spiro atoms. The Balaban J connectivity index is 1.70. The summed E-state index contributed by atoms with van der Waals surface area (Å²) in [6.07, 6.45) is 0. The van der Waals surface area contributed by atoms with Crippen molar-refractivity contribution >= 4 is 34.7 Å². The molecule has 2 aromatic carbocycles. The minimum Gasteiger partial charge on any atom is -0.339 e. The summed E-state index contributed by atoms with van der Waals surface area (Å²) in [5.41, 5.74) is 0.845. The second-order valence-corrected chi connectivity index (χ2v) is 5.40. The molecular formula is C17H11ClF2N4O. The lowest BCUT2D eigenvalue weighted by molar-refractivity contribution is 0.102. The summed E-state index contributed by atoms with van der Waals surface area (Å²) in [7, 11) is 0. The molecule has 0 radical (unpaired) electrons. The Hall–Kier alpha value is -3.06. The smallest absolute Gasteiger partial charge is 0.276 e. The van der Waals surface area contributed by atoms with Gasteiger partial charge < -0.3 is 10.6 Å². The standard InChI is InChI=1S/C17H11ClF2N4O/c18-11-3-1-2-4-14(11)22-17(25)15-7-8-16(24-23-15)21-10-5-6-12(19)13(20)9-10/h1-9H,(H,21,24)(H,22,25). The normalized spacial score (nSPS) is 10.4. The Morgan fingerprint density at radius 3 is 2.44 bits per heavy atom. The average Bonchev–Trinajstić information content (AvgIpc) is 2.61. The van der Waals surface area contributed by atoms with E-state index < -0.39 is 17.5 Å². The first-order chi connectivity index (χ1) is 12.0. The molecule has 126 valence electrons. The quantitative estimate of drug-likeness (QED) is 0.723. The molecule has 8 heteroatoms. The number of halogens is 3. The van der Waals surface area contributed by atoms with Gasteiger partial charge >= 0.3 is 0 Å². The predicted molar refractivity (Wildman–Crippen MR) is 91.1 cm³/mol. The Morgan fingerprint density at radius 1 is 0.960 bits per heavy atom. The van der Waals surface area contributed by atoms with Crippen LogP contribution in [-0.4, -0.2) is 16.1 Å². The topological polar surface area (TPSA) is 66.9 Å². The van der Waals surface area contributed by atoms with E-state index in [1.807, 2.05) is 0 Å². The van der Waals surface area contributed by atoms with Crippen molar-refractivity contribution in [1.29, 1.82) is 0 Å². The van der Waals surface area contributed by atoms with Crippen LogP contribution in [0.25, 0.3) is 0 Å². The third-order valence-corrected chi connectivity index (χ3v) is 3.54. The maximum absolute atomic E-state index is 13.2. The van der Waals surface area contributed by atoms with Crippen molar-refractivity contribution in [2.45, 2.75) is 0 Å². The molecule has 1 heterocycles. The van der Waals surface area contributed by atoms with Crippen molar-refractivity contribution in [1.82, 2.24) is 10.2 Å². The van der Waals surface area contributed by atoms with E-state index in [1.165, 1.54) is 18.2 Å². The van der Waals surface area contributed by atoms with Crippen LogP contribution in [0, 0.1) is 11.6 Å². The van der Waals surface area contributed by atoms with E-state index in [9.17, 15) is 13.6 Å². The van der Waals surface area contributed by atoms with Crippen LogP contribution < -0.4 is 10.6 Å². The van der Waals surface area contributed by atoms with Crippen LogP contribution >= 0.6 is 11.6 Å². The molecule has 1 aromatic heterocycles. The number of amides is 1. The van der Waals surface area contributed by atoms with Gasteiger partial charge in [-0.2, -0.15) is 0 Å². The zero-order valence-electron chi connectivity index (χ0n) is 12.6. The number of hydrogen-bond acceptors (Lipinski definition) is 4. The Labute approximate surface area is 146 Å². The molecule has 0 fully saturated rings. The van der Waals surface area contributed by atoms with E-state index in [4.69, 9.17) is 11.6 Å². The summed E-state index contributed by atoms with van der Waals surface area (Å²) in [4.78, 5) is 12.1. The van der Waals surface area contributed by atoms with Crippen LogP contribution in [0.5, 0.6) is 0 Å². The van der Waals surface area contributed by atoms with E-state index in [0.717, 1.165) is 12.1 Å². The van der Waals surface area contributed by atoms with E-state index in [0.29, 0.717) is 16.4 Å². The number of anilines is 3. The third-order valence-electron chi connectivity index (χ3n) is 3.21. The van der Waals surface area contributed by atoms with Gasteiger partial charge in [-0.3, -0.25) is 4.79 Å². The van der Waals surface area contributed by atoms with Crippen molar-refractivity contribution < 1.29 is 13.6 Å². The van der Waals surface area contributed by atoms with E-state index in [2.05, 4.69) is 20.8 Å². The van der Waals surface area contributed by atoms with E-state index in [-0.39, 0.29) is 11.5 Å². The molecule has 1 amide bonds.